The summed E-state index contributed by atoms with van der Waals surface area (Å²) in [5.41, 5.74) is 2.01. The predicted octanol–water partition coefficient (Wildman–Crippen LogP) is 2.66. The van der Waals surface area contributed by atoms with Crippen LogP contribution in [-0.4, -0.2) is 39.3 Å². The Hall–Kier alpha value is -2.21. The van der Waals surface area contributed by atoms with E-state index >= 15 is 0 Å². The van der Waals surface area contributed by atoms with Crippen LogP contribution in [0.25, 0.3) is 0 Å². The molecule has 3 amide bonds. The number of imide groups is 1. The summed E-state index contributed by atoms with van der Waals surface area (Å²) in [6, 6.07) is 9.77. The molecule has 1 aromatic carbocycles. The zero-order valence-electron chi connectivity index (χ0n) is 12.6. The number of carbonyl (C=O) groups is 2. The molecule has 23 heavy (non-hydrogen) atoms. The number of aromatic nitrogens is 1. The van der Waals surface area contributed by atoms with Gasteiger partial charge >= 0.3 is 6.03 Å². The monoisotopic (exact) mass is 327 g/mol. The van der Waals surface area contributed by atoms with Gasteiger partial charge in [0.2, 0.25) is 0 Å². The van der Waals surface area contributed by atoms with Crippen molar-refractivity contribution in [2.45, 2.75) is 31.8 Å². The van der Waals surface area contributed by atoms with Gasteiger partial charge in [0, 0.05) is 18.3 Å². The number of rotatable bonds is 4. The Kier molecular flexibility index (Phi) is 3.61. The highest BCUT2D eigenvalue weighted by atomic mass is 32.1. The van der Waals surface area contributed by atoms with Gasteiger partial charge in [-0.3, -0.25) is 9.69 Å². The largest absolute Gasteiger partial charge is 0.327 e. The second-order valence-electron chi connectivity index (χ2n) is 5.95. The molecular formula is C17H17N3O2S. The van der Waals surface area contributed by atoms with Crippen LogP contribution in [0.2, 0.25) is 0 Å². The minimum absolute atomic E-state index is 0.0647. The van der Waals surface area contributed by atoms with E-state index in [1.165, 1.54) is 10.5 Å². The molecule has 0 radical (unpaired) electrons. The summed E-state index contributed by atoms with van der Waals surface area (Å²) in [5.74, 6) is -0.0647. The van der Waals surface area contributed by atoms with Crippen LogP contribution >= 0.6 is 11.3 Å². The third kappa shape index (κ3) is 2.63. The molecule has 2 aliphatic heterocycles. The summed E-state index contributed by atoms with van der Waals surface area (Å²) in [7, 11) is 0. The van der Waals surface area contributed by atoms with Gasteiger partial charge < -0.3 is 4.90 Å². The van der Waals surface area contributed by atoms with Crippen LogP contribution in [0, 0.1) is 0 Å². The second-order valence-corrected chi connectivity index (χ2v) is 6.90. The van der Waals surface area contributed by atoms with Crippen LogP contribution in [-0.2, 0) is 17.8 Å². The molecule has 2 fully saturated rings. The van der Waals surface area contributed by atoms with Gasteiger partial charge in [0.25, 0.3) is 5.91 Å². The summed E-state index contributed by atoms with van der Waals surface area (Å²) < 4.78 is 0. The molecule has 2 aromatic rings. The Balaban J connectivity index is 1.46. The fourth-order valence-electron chi connectivity index (χ4n) is 3.26. The smallest absolute Gasteiger partial charge is 0.312 e. The predicted molar refractivity (Wildman–Crippen MR) is 87.0 cm³/mol. The van der Waals surface area contributed by atoms with Gasteiger partial charge in [-0.1, -0.05) is 30.3 Å². The summed E-state index contributed by atoms with van der Waals surface area (Å²) >= 11 is 1.58. The zero-order valence-corrected chi connectivity index (χ0v) is 13.5. The van der Waals surface area contributed by atoms with Crippen molar-refractivity contribution in [3.63, 3.8) is 0 Å². The molecule has 0 aliphatic carbocycles. The van der Waals surface area contributed by atoms with Crippen LogP contribution < -0.4 is 0 Å². The lowest BCUT2D eigenvalue weighted by Crippen LogP contribution is -2.32. The molecule has 1 atom stereocenters. The van der Waals surface area contributed by atoms with Crippen molar-refractivity contribution in [1.82, 2.24) is 14.8 Å². The third-order valence-electron chi connectivity index (χ3n) is 4.40. The SMILES string of the molecule is O=C1[C@@H]2CCCN2C(=O)N1Cc1csc(Cc2ccccc2)n1. The number of hydrogen-bond acceptors (Lipinski definition) is 4. The lowest BCUT2D eigenvalue weighted by Gasteiger charge is -2.14. The minimum Gasteiger partial charge on any atom is -0.312 e. The Morgan fingerprint density at radius 1 is 1.22 bits per heavy atom. The van der Waals surface area contributed by atoms with Crippen molar-refractivity contribution < 1.29 is 9.59 Å². The molecule has 6 heteroatoms. The first-order chi connectivity index (χ1) is 11.2. The first-order valence-electron chi connectivity index (χ1n) is 7.81. The number of hydrogen-bond donors (Lipinski definition) is 0. The number of thiazole rings is 1. The molecule has 0 unspecified atom stereocenters. The minimum atomic E-state index is -0.232. The molecule has 118 valence electrons. The standard InChI is InChI=1S/C17H17N3O2S/c21-16-14-7-4-8-19(14)17(22)20(16)10-13-11-23-15(18-13)9-12-5-2-1-3-6-12/h1-3,5-6,11,14H,4,7-10H2/t14-/m0/s1. The number of carbonyl (C=O) groups excluding carboxylic acids is 2. The van der Waals surface area contributed by atoms with Crippen molar-refractivity contribution in [2.24, 2.45) is 0 Å². The number of benzene rings is 1. The average molecular weight is 327 g/mol. The van der Waals surface area contributed by atoms with Crippen LogP contribution in [0.5, 0.6) is 0 Å². The molecular weight excluding hydrogens is 310 g/mol. The highest BCUT2D eigenvalue weighted by molar-refractivity contribution is 7.09. The number of amides is 3. The van der Waals surface area contributed by atoms with E-state index in [1.807, 2.05) is 23.6 Å². The normalized spacial score (nSPS) is 20.4. The summed E-state index contributed by atoms with van der Waals surface area (Å²) in [4.78, 5) is 32.3. The Bertz CT molecular complexity index is 721. The average Bonchev–Trinajstić information content (AvgIpc) is 3.25. The first kappa shape index (κ1) is 14.4. The Labute approximate surface area is 138 Å². The Morgan fingerprint density at radius 3 is 2.83 bits per heavy atom. The zero-order chi connectivity index (χ0) is 15.8. The van der Waals surface area contributed by atoms with Crippen molar-refractivity contribution >= 4 is 23.3 Å². The Morgan fingerprint density at radius 2 is 2.04 bits per heavy atom. The quantitative estimate of drug-likeness (QED) is 0.811. The summed E-state index contributed by atoms with van der Waals surface area (Å²) in [5, 5.41) is 2.95. The van der Waals surface area contributed by atoms with Gasteiger partial charge in [0.05, 0.1) is 17.2 Å². The van der Waals surface area contributed by atoms with Crippen molar-refractivity contribution in [3.05, 3.63) is 52.0 Å². The molecule has 0 saturated carbocycles. The van der Waals surface area contributed by atoms with E-state index < -0.39 is 0 Å². The highest BCUT2D eigenvalue weighted by Gasteiger charge is 2.47. The van der Waals surface area contributed by atoms with Crippen molar-refractivity contribution in [1.29, 1.82) is 0 Å². The maximum absolute atomic E-state index is 12.3. The van der Waals surface area contributed by atoms with Crippen molar-refractivity contribution in [3.8, 4) is 0 Å². The van der Waals surface area contributed by atoms with E-state index in [2.05, 4.69) is 17.1 Å². The van der Waals surface area contributed by atoms with E-state index in [-0.39, 0.29) is 24.5 Å². The lowest BCUT2D eigenvalue weighted by atomic mass is 10.2. The van der Waals surface area contributed by atoms with E-state index in [4.69, 9.17) is 0 Å². The van der Waals surface area contributed by atoms with E-state index in [9.17, 15) is 9.59 Å². The van der Waals surface area contributed by atoms with E-state index in [1.54, 1.807) is 16.2 Å². The first-order valence-corrected chi connectivity index (χ1v) is 8.69. The lowest BCUT2D eigenvalue weighted by molar-refractivity contribution is -0.128. The van der Waals surface area contributed by atoms with Crippen LogP contribution in [0.1, 0.15) is 29.1 Å². The molecule has 4 rings (SSSR count). The van der Waals surface area contributed by atoms with Gasteiger partial charge in [-0.25, -0.2) is 9.78 Å². The van der Waals surface area contributed by atoms with Crippen molar-refractivity contribution in [2.75, 3.05) is 6.54 Å². The summed E-state index contributed by atoms with van der Waals surface area (Å²) in [6.45, 7) is 0.984. The molecule has 2 saturated heterocycles. The maximum atomic E-state index is 12.3. The number of fused-ring (bicyclic) bond motifs is 1. The topological polar surface area (TPSA) is 53.5 Å². The molecule has 0 spiro atoms. The fraction of sp³-hybridized carbons (Fsp3) is 0.353. The molecule has 5 nitrogen and oxygen atoms in total. The van der Waals surface area contributed by atoms with Gasteiger partial charge in [-0.2, -0.15) is 0 Å². The van der Waals surface area contributed by atoms with Gasteiger partial charge in [-0.05, 0) is 18.4 Å². The van der Waals surface area contributed by atoms with Crippen LogP contribution in [0.4, 0.5) is 4.79 Å². The third-order valence-corrected chi connectivity index (χ3v) is 5.30. The van der Waals surface area contributed by atoms with Crippen LogP contribution in [0.15, 0.2) is 35.7 Å². The fourth-order valence-corrected chi connectivity index (χ4v) is 4.08. The van der Waals surface area contributed by atoms with Gasteiger partial charge in [0.1, 0.15) is 6.04 Å². The molecule has 0 N–H and O–H groups in total. The molecule has 2 aliphatic rings. The highest BCUT2D eigenvalue weighted by Crippen LogP contribution is 2.28. The van der Waals surface area contributed by atoms with E-state index in [0.29, 0.717) is 6.54 Å². The van der Waals surface area contributed by atoms with Gasteiger partial charge in [0.15, 0.2) is 0 Å². The maximum Gasteiger partial charge on any atom is 0.327 e. The second kappa shape index (κ2) is 5.77. The van der Waals surface area contributed by atoms with Gasteiger partial charge in [-0.15, -0.1) is 11.3 Å². The molecule has 1 aromatic heterocycles. The molecule has 0 bridgehead atoms. The number of urea groups is 1. The van der Waals surface area contributed by atoms with Crippen LogP contribution in [0.3, 0.4) is 0 Å². The summed E-state index contributed by atoms with van der Waals surface area (Å²) in [6.07, 6.45) is 2.49. The van der Waals surface area contributed by atoms with E-state index in [0.717, 1.165) is 30.0 Å². The number of nitrogens with zero attached hydrogens (tertiary/aromatic N) is 3. The molecule has 3 heterocycles.